The Hall–Kier alpha value is -3.60. The minimum Gasteiger partial charge on any atom is -0.491 e. The maximum absolute atomic E-state index is 12.8. The Morgan fingerprint density at radius 3 is 2.17 bits per heavy atom. The number of hydrogen-bond donors (Lipinski definition) is 2. The number of anilines is 2. The van der Waals surface area contributed by atoms with Gasteiger partial charge in [-0.15, -0.1) is 0 Å². The fourth-order valence-corrected chi connectivity index (χ4v) is 2.96. The summed E-state index contributed by atoms with van der Waals surface area (Å²) < 4.78 is 5.61. The molecule has 0 fully saturated rings. The highest BCUT2D eigenvalue weighted by Crippen LogP contribution is 2.21. The molecule has 3 rings (SSSR count). The average Bonchev–Trinajstić information content (AvgIpc) is 2.71. The van der Waals surface area contributed by atoms with Crippen molar-refractivity contribution in [2.45, 2.75) is 33.8 Å². The number of benzene rings is 3. The molecule has 30 heavy (non-hydrogen) atoms. The number of hydrogen-bond acceptors (Lipinski definition) is 3. The standard InChI is InChI=1S/C25H26N2O3/c1-16(2)30-21-13-10-19(11-14-21)24(28)27-23-8-6-5-7-22(23)25(29)26-20-12-9-17(3)18(4)15-20/h5-16H,1-4H3,(H,26,29)(H,27,28). The van der Waals surface area contributed by atoms with Gasteiger partial charge < -0.3 is 15.4 Å². The number of rotatable bonds is 6. The number of amides is 2. The van der Waals surface area contributed by atoms with E-state index in [2.05, 4.69) is 10.6 Å². The second-order valence-corrected chi connectivity index (χ2v) is 7.44. The van der Waals surface area contributed by atoms with Crippen LogP contribution < -0.4 is 15.4 Å². The number of aryl methyl sites for hydroxylation is 2. The van der Waals surface area contributed by atoms with Crippen LogP contribution in [-0.2, 0) is 0 Å². The molecule has 5 nitrogen and oxygen atoms in total. The predicted octanol–water partition coefficient (Wildman–Crippen LogP) is 5.60. The molecule has 0 aliphatic carbocycles. The van der Waals surface area contributed by atoms with Crippen LogP contribution in [0.5, 0.6) is 5.75 Å². The summed E-state index contributed by atoms with van der Waals surface area (Å²) >= 11 is 0. The van der Waals surface area contributed by atoms with E-state index in [4.69, 9.17) is 4.74 Å². The zero-order valence-corrected chi connectivity index (χ0v) is 17.7. The highest BCUT2D eigenvalue weighted by molar-refractivity contribution is 6.12. The SMILES string of the molecule is Cc1ccc(NC(=O)c2ccccc2NC(=O)c2ccc(OC(C)C)cc2)cc1C. The van der Waals surface area contributed by atoms with Crippen molar-refractivity contribution < 1.29 is 14.3 Å². The van der Waals surface area contributed by atoms with Gasteiger partial charge in [-0.05, 0) is 87.4 Å². The van der Waals surface area contributed by atoms with Crippen LogP contribution in [0.15, 0.2) is 66.7 Å². The largest absolute Gasteiger partial charge is 0.491 e. The summed E-state index contributed by atoms with van der Waals surface area (Å²) in [6.45, 7) is 7.91. The van der Waals surface area contributed by atoms with Gasteiger partial charge in [-0.3, -0.25) is 9.59 Å². The third-order valence-electron chi connectivity index (χ3n) is 4.67. The van der Waals surface area contributed by atoms with Gasteiger partial charge in [0.15, 0.2) is 0 Å². The van der Waals surface area contributed by atoms with Crippen molar-refractivity contribution in [2.75, 3.05) is 10.6 Å². The van der Waals surface area contributed by atoms with Crippen LogP contribution in [-0.4, -0.2) is 17.9 Å². The summed E-state index contributed by atoms with van der Waals surface area (Å²) in [5, 5.41) is 5.73. The third-order valence-corrected chi connectivity index (χ3v) is 4.67. The van der Waals surface area contributed by atoms with Crippen molar-refractivity contribution in [3.8, 4) is 5.75 Å². The van der Waals surface area contributed by atoms with E-state index in [-0.39, 0.29) is 17.9 Å². The molecule has 0 aliphatic rings. The first kappa shape index (κ1) is 21.1. The van der Waals surface area contributed by atoms with Crippen molar-refractivity contribution in [1.82, 2.24) is 0 Å². The molecule has 3 aromatic carbocycles. The van der Waals surface area contributed by atoms with Crippen molar-refractivity contribution in [3.05, 3.63) is 89.0 Å². The second kappa shape index (κ2) is 9.27. The number of nitrogens with one attached hydrogen (secondary N) is 2. The lowest BCUT2D eigenvalue weighted by Gasteiger charge is -2.13. The van der Waals surface area contributed by atoms with Crippen LogP contribution in [0.1, 0.15) is 45.7 Å². The number of para-hydroxylation sites is 1. The molecular formula is C25H26N2O3. The molecule has 2 amide bonds. The first-order valence-corrected chi connectivity index (χ1v) is 9.89. The van der Waals surface area contributed by atoms with Crippen molar-refractivity contribution in [2.24, 2.45) is 0 Å². The third kappa shape index (κ3) is 5.26. The average molecular weight is 402 g/mol. The van der Waals surface area contributed by atoms with Crippen LogP contribution in [0.2, 0.25) is 0 Å². The minimum absolute atomic E-state index is 0.0624. The zero-order valence-electron chi connectivity index (χ0n) is 17.7. The van der Waals surface area contributed by atoms with E-state index in [9.17, 15) is 9.59 Å². The molecule has 0 unspecified atom stereocenters. The summed E-state index contributed by atoms with van der Waals surface area (Å²) in [6, 6.07) is 19.6. The number of ether oxygens (including phenoxy) is 1. The van der Waals surface area contributed by atoms with Crippen LogP contribution in [0, 0.1) is 13.8 Å². The van der Waals surface area contributed by atoms with Gasteiger partial charge in [-0.25, -0.2) is 0 Å². The molecule has 0 radical (unpaired) electrons. The lowest BCUT2D eigenvalue weighted by Crippen LogP contribution is -2.18. The highest BCUT2D eigenvalue weighted by Gasteiger charge is 2.15. The molecule has 0 aromatic heterocycles. The minimum atomic E-state index is -0.294. The van der Waals surface area contributed by atoms with Gasteiger partial charge in [-0.2, -0.15) is 0 Å². The van der Waals surface area contributed by atoms with Gasteiger partial charge in [0, 0.05) is 11.3 Å². The molecule has 2 N–H and O–H groups in total. The van der Waals surface area contributed by atoms with E-state index >= 15 is 0 Å². The molecule has 5 heteroatoms. The first-order chi connectivity index (χ1) is 14.3. The Kier molecular flexibility index (Phi) is 6.52. The number of carbonyl (C=O) groups excluding carboxylic acids is 2. The maximum Gasteiger partial charge on any atom is 0.257 e. The van der Waals surface area contributed by atoms with Gasteiger partial charge in [0.2, 0.25) is 0 Å². The molecule has 0 bridgehead atoms. The van der Waals surface area contributed by atoms with E-state index in [1.165, 1.54) is 0 Å². The van der Waals surface area contributed by atoms with E-state index in [0.29, 0.717) is 28.3 Å². The van der Waals surface area contributed by atoms with E-state index in [1.54, 1.807) is 48.5 Å². The molecule has 0 heterocycles. The van der Waals surface area contributed by atoms with E-state index in [0.717, 1.165) is 11.1 Å². The zero-order chi connectivity index (χ0) is 21.7. The topological polar surface area (TPSA) is 67.4 Å². The van der Waals surface area contributed by atoms with Gasteiger partial charge in [0.25, 0.3) is 11.8 Å². The highest BCUT2D eigenvalue weighted by atomic mass is 16.5. The molecule has 154 valence electrons. The Balaban J connectivity index is 1.75. The number of carbonyl (C=O) groups is 2. The molecule has 0 saturated carbocycles. The van der Waals surface area contributed by atoms with Crippen molar-refractivity contribution >= 4 is 23.2 Å². The smallest absolute Gasteiger partial charge is 0.257 e. The molecule has 0 atom stereocenters. The summed E-state index contributed by atoms with van der Waals surface area (Å²) in [5.41, 5.74) is 4.29. The molecule has 0 spiro atoms. The van der Waals surface area contributed by atoms with Gasteiger partial charge >= 0.3 is 0 Å². The normalized spacial score (nSPS) is 10.6. The maximum atomic E-state index is 12.8. The summed E-state index contributed by atoms with van der Waals surface area (Å²) in [5.74, 6) is 0.127. The molecule has 3 aromatic rings. The summed E-state index contributed by atoms with van der Waals surface area (Å²) in [7, 11) is 0. The first-order valence-electron chi connectivity index (χ1n) is 9.89. The summed E-state index contributed by atoms with van der Waals surface area (Å²) in [4.78, 5) is 25.5. The van der Waals surface area contributed by atoms with Crippen molar-refractivity contribution in [1.29, 1.82) is 0 Å². The van der Waals surface area contributed by atoms with Gasteiger partial charge in [0.05, 0.1) is 17.4 Å². The molecule has 0 saturated heterocycles. The van der Waals surface area contributed by atoms with Crippen molar-refractivity contribution in [3.63, 3.8) is 0 Å². The van der Waals surface area contributed by atoms with Crippen LogP contribution >= 0.6 is 0 Å². The lowest BCUT2D eigenvalue weighted by molar-refractivity contribution is 0.102. The Labute approximate surface area is 177 Å². The van der Waals surface area contributed by atoms with Crippen LogP contribution in [0.4, 0.5) is 11.4 Å². The Bertz CT molecular complexity index is 1060. The summed E-state index contributed by atoms with van der Waals surface area (Å²) in [6.07, 6.45) is 0.0624. The molecule has 0 aliphatic heterocycles. The fourth-order valence-electron chi connectivity index (χ4n) is 2.96. The van der Waals surface area contributed by atoms with E-state index < -0.39 is 0 Å². The van der Waals surface area contributed by atoms with Gasteiger partial charge in [0.1, 0.15) is 5.75 Å². The monoisotopic (exact) mass is 402 g/mol. The lowest BCUT2D eigenvalue weighted by atomic mass is 10.1. The van der Waals surface area contributed by atoms with E-state index in [1.807, 2.05) is 45.9 Å². The fraction of sp³-hybridized carbons (Fsp3) is 0.200. The molecular weight excluding hydrogens is 376 g/mol. The van der Waals surface area contributed by atoms with Crippen LogP contribution in [0.25, 0.3) is 0 Å². The Morgan fingerprint density at radius 2 is 1.50 bits per heavy atom. The quantitative estimate of drug-likeness (QED) is 0.564. The second-order valence-electron chi connectivity index (χ2n) is 7.44. The van der Waals surface area contributed by atoms with Crippen LogP contribution in [0.3, 0.4) is 0 Å². The predicted molar refractivity (Wildman–Crippen MR) is 120 cm³/mol. The Morgan fingerprint density at radius 1 is 0.800 bits per heavy atom. The van der Waals surface area contributed by atoms with Gasteiger partial charge in [-0.1, -0.05) is 18.2 Å².